The molecule has 0 aromatic heterocycles. The van der Waals surface area contributed by atoms with Crippen LogP contribution in [0.3, 0.4) is 0 Å². The van der Waals surface area contributed by atoms with Crippen LogP contribution in [-0.2, 0) is 0 Å². The van der Waals surface area contributed by atoms with Crippen LogP contribution in [-0.4, -0.2) is 11.2 Å². The van der Waals surface area contributed by atoms with Crippen molar-refractivity contribution in [3.63, 3.8) is 0 Å². The van der Waals surface area contributed by atoms with E-state index < -0.39 is 11.9 Å². The van der Waals surface area contributed by atoms with Gasteiger partial charge >= 0.3 is 0 Å². The molecule has 2 rings (SSSR count). The van der Waals surface area contributed by atoms with Crippen LogP contribution < -0.4 is 4.74 Å². The largest absolute Gasteiger partial charge is 0.491 e. The van der Waals surface area contributed by atoms with Crippen LogP contribution >= 0.6 is 15.9 Å². The zero-order valence-corrected chi connectivity index (χ0v) is 12.9. The van der Waals surface area contributed by atoms with Crippen molar-refractivity contribution in [2.45, 2.75) is 26.1 Å². The second-order valence-electron chi connectivity index (χ2n) is 4.81. The normalized spacial score (nSPS) is 12.5. The van der Waals surface area contributed by atoms with E-state index in [0.717, 1.165) is 0 Å². The topological polar surface area (TPSA) is 29.5 Å². The Labute approximate surface area is 126 Å². The SMILES string of the molecule is CC(C)Oc1cccc(C(O)c2ccc(Br)cc2F)c1. The minimum Gasteiger partial charge on any atom is -0.491 e. The maximum Gasteiger partial charge on any atom is 0.130 e. The summed E-state index contributed by atoms with van der Waals surface area (Å²) in [6, 6.07) is 11.7. The van der Waals surface area contributed by atoms with Crippen LogP contribution in [0.5, 0.6) is 5.75 Å². The molecular formula is C16H16BrFO2. The molecule has 0 aliphatic carbocycles. The van der Waals surface area contributed by atoms with E-state index in [9.17, 15) is 9.50 Å². The Kier molecular flexibility index (Phi) is 4.78. The van der Waals surface area contributed by atoms with Gasteiger partial charge in [-0.25, -0.2) is 4.39 Å². The Morgan fingerprint density at radius 2 is 1.90 bits per heavy atom. The number of ether oxygens (including phenoxy) is 1. The van der Waals surface area contributed by atoms with Crippen LogP contribution in [0.4, 0.5) is 4.39 Å². The molecule has 0 saturated heterocycles. The summed E-state index contributed by atoms with van der Waals surface area (Å²) in [5.41, 5.74) is 0.847. The molecule has 1 unspecified atom stereocenters. The molecule has 0 fully saturated rings. The molecule has 0 saturated carbocycles. The molecule has 0 heterocycles. The third-order valence-electron chi connectivity index (χ3n) is 2.80. The van der Waals surface area contributed by atoms with Crippen molar-refractivity contribution in [2.75, 3.05) is 0 Å². The minimum absolute atomic E-state index is 0.0480. The van der Waals surface area contributed by atoms with Gasteiger partial charge in [-0.1, -0.05) is 34.1 Å². The first-order chi connectivity index (χ1) is 9.47. The summed E-state index contributed by atoms with van der Waals surface area (Å²) in [5.74, 6) is 0.219. The molecule has 0 spiro atoms. The molecule has 20 heavy (non-hydrogen) atoms. The van der Waals surface area contributed by atoms with Crippen molar-refractivity contribution >= 4 is 15.9 Å². The predicted molar refractivity (Wildman–Crippen MR) is 80.4 cm³/mol. The van der Waals surface area contributed by atoms with E-state index in [-0.39, 0.29) is 11.7 Å². The highest BCUT2D eigenvalue weighted by Gasteiger charge is 2.16. The molecule has 2 aromatic carbocycles. The van der Waals surface area contributed by atoms with Gasteiger partial charge in [0, 0.05) is 10.0 Å². The van der Waals surface area contributed by atoms with Gasteiger partial charge in [-0.05, 0) is 43.7 Å². The first-order valence-electron chi connectivity index (χ1n) is 6.37. The minimum atomic E-state index is -1.01. The Bertz CT molecular complexity index is 599. The third kappa shape index (κ3) is 3.58. The van der Waals surface area contributed by atoms with E-state index in [1.807, 2.05) is 19.9 Å². The van der Waals surface area contributed by atoms with Crippen molar-refractivity contribution in [3.05, 3.63) is 63.9 Å². The van der Waals surface area contributed by atoms with E-state index in [1.54, 1.807) is 30.3 Å². The molecular weight excluding hydrogens is 323 g/mol. The number of hydrogen-bond donors (Lipinski definition) is 1. The van der Waals surface area contributed by atoms with Crippen LogP contribution in [0.2, 0.25) is 0 Å². The van der Waals surface area contributed by atoms with Crippen molar-refractivity contribution in [3.8, 4) is 5.75 Å². The van der Waals surface area contributed by atoms with E-state index in [0.29, 0.717) is 15.8 Å². The number of hydrogen-bond acceptors (Lipinski definition) is 2. The summed E-state index contributed by atoms with van der Waals surface area (Å²) >= 11 is 3.20. The summed E-state index contributed by atoms with van der Waals surface area (Å²) in [7, 11) is 0. The van der Waals surface area contributed by atoms with Crippen molar-refractivity contribution in [1.82, 2.24) is 0 Å². The quantitative estimate of drug-likeness (QED) is 0.891. The van der Waals surface area contributed by atoms with Crippen LogP contribution in [0.1, 0.15) is 31.1 Å². The standard InChI is InChI=1S/C16H16BrFO2/c1-10(2)20-13-5-3-4-11(8-13)16(19)14-7-6-12(17)9-15(14)18/h3-10,16,19H,1-2H3. The Morgan fingerprint density at radius 3 is 2.55 bits per heavy atom. The molecule has 0 bridgehead atoms. The third-order valence-corrected chi connectivity index (χ3v) is 3.30. The lowest BCUT2D eigenvalue weighted by Crippen LogP contribution is -2.07. The molecule has 106 valence electrons. The molecule has 4 heteroatoms. The average molecular weight is 339 g/mol. The Balaban J connectivity index is 2.30. The lowest BCUT2D eigenvalue weighted by Gasteiger charge is -2.15. The summed E-state index contributed by atoms with van der Waals surface area (Å²) in [5, 5.41) is 10.3. The molecule has 2 aromatic rings. The van der Waals surface area contributed by atoms with Gasteiger partial charge in [0.05, 0.1) is 6.10 Å². The highest BCUT2D eigenvalue weighted by Crippen LogP contribution is 2.28. The highest BCUT2D eigenvalue weighted by molar-refractivity contribution is 9.10. The smallest absolute Gasteiger partial charge is 0.130 e. The summed E-state index contributed by atoms with van der Waals surface area (Å²) in [4.78, 5) is 0. The van der Waals surface area contributed by atoms with Gasteiger partial charge < -0.3 is 9.84 Å². The van der Waals surface area contributed by atoms with Gasteiger partial charge in [0.25, 0.3) is 0 Å². The van der Waals surface area contributed by atoms with Gasteiger partial charge in [0.15, 0.2) is 0 Å². The first kappa shape index (κ1) is 15.0. The number of halogens is 2. The van der Waals surface area contributed by atoms with Gasteiger partial charge in [0.2, 0.25) is 0 Å². The number of rotatable bonds is 4. The van der Waals surface area contributed by atoms with Gasteiger partial charge in [-0.2, -0.15) is 0 Å². The molecule has 0 amide bonds. The summed E-state index contributed by atoms with van der Waals surface area (Å²) in [6.07, 6.45) is -0.967. The molecule has 1 atom stereocenters. The second kappa shape index (κ2) is 6.37. The zero-order chi connectivity index (χ0) is 14.7. The Morgan fingerprint density at radius 1 is 1.15 bits per heavy atom. The molecule has 0 radical (unpaired) electrons. The molecule has 0 aliphatic rings. The lowest BCUT2D eigenvalue weighted by molar-refractivity contribution is 0.211. The number of aliphatic hydroxyl groups is 1. The monoisotopic (exact) mass is 338 g/mol. The van der Waals surface area contributed by atoms with Gasteiger partial charge in [-0.15, -0.1) is 0 Å². The van der Waals surface area contributed by atoms with E-state index in [1.165, 1.54) is 6.07 Å². The van der Waals surface area contributed by atoms with Crippen molar-refractivity contribution in [2.24, 2.45) is 0 Å². The van der Waals surface area contributed by atoms with Gasteiger partial charge in [-0.3, -0.25) is 0 Å². The lowest BCUT2D eigenvalue weighted by atomic mass is 10.0. The molecule has 1 N–H and O–H groups in total. The fraction of sp³-hybridized carbons (Fsp3) is 0.250. The van der Waals surface area contributed by atoms with Crippen molar-refractivity contribution < 1.29 is 14.2 Å². The fourth-order valence-electron chi connectivity index (χ4n) is 1.93. The van der Waals surface area contributed by atoms with Crippen molar-refractivity contribution in [1.29, 1.82) is 0 Å². The average Bonchev–Trinajstić information content (AvgIpc) is 2.37. The first-order valence-corrected chi connectivity index (χ1v) is 7.16. The zero-order valence-electron chi connectivity index (χ0n) is 11.3. The van der Waals surface area contributed by atoms with Gasteiger partial charge in [0.1, 0.15) is 17.7 Å². The summed E-state index contributed by atoms with van der Waals surface area (Å²) < 4.78 is 20.1. The van der Waals surface area contributed by atoms with E-state index >= 15 is 0 Å². The number of benzene rings is 2. The maximum absolute atomic E-state index is 13.9. The van der Waals surface area contributed by atoms with Crippen LogP contribution in [0.15, 0.2) is 46.9 Å². The second-order valence-corrected chi connectivity index (χ2v) is 5.72. The maximum atomic E-state index is 13.9. The summed E-state index contributed by atoms with van der Waals surface area (Å²) in [6.45, 7) is 3.86. The highest BCUT2D eigenvalue weighted by atomic mass is 79.9. The Hall–Kier alpha value is -1.39. The number of aliphatic hydroxyl groups excluding tert-OH is 1. The van der Waals surface area contributed by atoms with E-state index in [4.69, 9.17) is 4.74 Å². The molecule has 0 aliphatic heterocycles. The van der Waals surface area contributed by atoms with E-state index in [2.05, 4.69) is 15.9 Å². The van der Waals surface area contributed by atoms with Crippen LogP contribution in [0.25, 0.3) is 0 Å². The molecule has 2 nitrogen and oxygen atoms in total. The predicted octanol–water partition coefficient (Wildman–Crippen LogP) is 4.46. The van der Waals surface area contributed by atoms with Crippen LogP contribution in [0, 0.1) is 5.82 Å². The fourth-order valence-corrected chi connectivity index (χ4v) is 2.27.